The third-order valence-electron chi connectivity index (χ3n) is 4.48. The number of amides is 1. The van der Waals surface area contributed by atoms with E-state index in [1.807, 2.05) is 14.0 Å². The minimum atomic E-state index is -0.715. The molecule has 3 atom stereocenters. The summed E-state index contributed by atoms with van der Waals surface area (Å²) >= 11 is 0. The van der Waals surface area contributed by atoms with Gasteiger partial charge in [0.1, 0.15) is 0 Å². The zero-order chi connectivity index (χ0) is 14.0. The van der Waals surface area contributed by atoms with E-state index in [1.54, 1.807) is 0 Å². The van der Waals surface area contributed by atoms with Crippen LogP contribution in [-0.4, -0.2) is 47.6 Å². The quantitative estimate of drug-likeness (QED) is 0.783. The molecule has 0 aliphatic carbocycles. The first-order chi connectivity index (χ1) is 9.02. The Morgan fingerprint density at radius 3 is 2.37 bits per heavy atom. The van der Waals surface area contributed by atoms with Gasteiger partial charge in [0.05, 0.1) is 0 Å². The number of fused-ring (bicyclic) bond motifs is 2. The first kappa shape index (κ1) is 14.3. The molecule has 2 fully saturated rings. The maximum atomic E-state index is 12.4. The Bertz CT molecular complexity index is 345. The van der Waals surface area contributed by atoms with Gasteiger partial charge in [-0.1, -0.05) is 6.92 Å². The number of aliphatic carboxylic acids is 1. The van der Waals surface area contributed by atoms with Crippen LogP contribution in [0.4, 0.5) is 0 Å². The zero-order valence-electron chi connectivity index (χ0n) is 11.8. The molecular formula is C14H24N2O3. The van der Waals surface area contributed by atoms with Crippen molar-refractivity contribution in [2.24, 2.45) is 11.8 Å². The van der Waals surface area contributed by atoms with Gasteiger partial charge in [0, 0.05) is 31.0 Å². The molecular weight excluding hydrogens is 244 g/mol. The molecule has 2 heterocycles. The predicted molar refractivity (Wildman–Crippen MR) is 71.7 cm³/mol. The average molecular weight is 268 g/mol. The SMILES string of the molecule is CNCC(C)C(=O)N1C2CCC1CC(CC(=O)O)C2. The number of hydrogen-bond acceptors (Lipinski definition) is 3. The second-order valence-electron chi connectivity index (χ2n) is 6.02. The fourth-order valence-corrected chi connectivity index (χ4v) is 3.71. The number of nitrogens with zero attached hydrogens (tertiary/aromatic N) is 1. The summed E-state index contributed by atoms with van der Waals surface area (Å²) in [7, 11) is 1.86. The highest BCUT2D eigenvalue weighted by molar-refractivity contribution is 5.80. The number of carboxylic acid groups (broad SMARTS) is 1. The van der Waals surface area contributed by atoms with E-state index in [1.165, 1.54) is 0 Å². The summed E-state index contributed by atoms with van der Waals surface area (Å²) in [6, 6.07) is 0.546. The van der Waals surface area contributed by atoms with E-state index in [-0.39, 0.29) is 36.2 Å². The molecule has 0 aromatic rings. The van der Waals surface area contributed by atoms with Crippen LogP contribution in [0.25, 0.3) is 0 Å². The fourth-order valence-electron chi connectivity index (χ4n) is 3.71. The zero-order valence-corrected chi connectivity index (χ0v) is 11.8. The summed E-state index contributed by atoms with van der Waals surface area (Å²) in [5.41, 5.74) is 0. The smallest absolute Gasteiger partial charge is 0.303 e. The van der Waals surface area contributed by atoms with Crippen LogP contribution in [0.5, 0.6) is 0 Å². The maximum absolute atomic E-state index is 12.4. The van der Waals surface area contributed by atoms with Crippen LogP contribution >= 0.6 is 0 Å². The molecule has 2 N–H and O–H groups in total. The molecule has 108 valence electrons. The highest BCUT2D eigenvalue weighted by atomic mass is 16.4. The molecule has 2 saturated heterocycles. The van der Waals surface area contributed by atoms with Gasteiger partial charge in [-0.3, -0.25) is 9.59 Å². The van der Waals surface area contributed by atoms with Gasteiger partial charge in [0.25, 0.3) is 0 Å². The standard InChI is InChI=1S/C14H24N2O3/c1-9(8-15-2)14(19)16-11-3-4-12(16)6-10(5-11)7-13(17)18/h9-12,15H,3-8H2,1-2H3,(H,17,18). The second kappa shape index (κ2) is 5.90. The second-order valence-corrected chi connectivity index (χ2v) is 6.02. The lowest BCUT2D eigenvalue weighted by Gasteiger charge is -2.40. The molecule has 0 radical (unpaired) electrons. The molecule has 0 aromatic carbocycles. The van der Waals surface area contributed by atoms with E-state index >= 15 is 0 Å². The highest BCUT2D eigenvalue weighted by Crippen LogP contribution is 2.40. The molecule has 0 aromatic heterocycles. The number of rotatable bonds is 5. The lowest BCUT2D eigenvalue weighted by molar-refractivity contribution is -0.141. The van der Waals surface area contributed by atoms with Crippen molar-refractivity contribution in [2.75, 3.05) is 13.6 Å². The van der Waals surface area contributed by atoms with Crippen LogP contribution in [0.1, 0.15) is 39.0 Å². The third kappa shape index (κ3) is 3.08. The molecule has 1 amide bonds. The molecule has 2 aliphatic rings. The number of carbonyl (C=O) groups is 2. The van der Waals surface area contributed by atoms with Crippen molar-refractivity contribution in [2.45, 2.75) is 51.1 Å². The Kier molecular flexibility index (Phi) is 4.45. The Morgan fingerprint density at radius 2 is 1.89 bits per heavy atom. The van der Waals surface area contributed by atoms with Gasteiger partial charge in [0.15, 0.2) is 0 Å². The van der Waals surface area contributed by atoms with Gasteiger partial charge in [-0.2, -0.15) is 0 Å². The van der Waals surface area contributed by atoms with Crippen molar-refractivity contribution < 1.29 is 14.7 Å². The van der Waals surface area contributed by atoms with Crippen molar-refractivity contribution in [3.05, 3.63) is 0 Å². The van der Waals surface area contributed by atoms with E-state index in [0.717, 1.165) is 25.7 Å². The summed E-state index contributed by atoms with van der Waals surface area (Å²) in [6.45, 7) is 2.66. The molecule has 5 heteroatoms. The van der Waals surface area contributed by atoms with Crippen LogP contribution in [-0.2, 0) is 9.59 Å². The molecule has 0 saturated carbocycles. The van der Waals surface area contributed by atoms with E-state index in [2.05, 4.69) is 10.2 Å². The topological polar surface area (TPSA) is 69.6 Å². The van der Waals surface area contributed by atoms with E-state index < -0.39 is 5.97 Å². The van der Waals surface area contributed by atoms with Crippen LogP contribution in [0.15, 0.2) is 0 Å². The minimum Gasteiger partial charge on any atom is -0.481 e. The van der Waals surface area contributed by atoms with Gasteiger partial charge in [-0.15, -0.1) is 0 Å². The van der Waals surface area contributed by atoms with E-state index in [0.29, 0.717) is 6.54 Å². The van der Waals surface area contributed by atoms with Gasteiger partial charge in [0.2, 0.25) is 5.91 Å². The van der Waals surface area contributed by atoms with Crippen LogP contribution in [0, 0.1) is 11.8 Å². The Morgan fingerprint density at radius 1 is 1.32 bits per heavy atom. The molecule has 0 spiro atoms. The van der Waals surface area contributed by atoms with E-state index in [9.17, 15) is 9.59 Å². The molecule has 5 nitrogen and oxygen atoms in total. The Balaban J connectivity index is 1.99. The van der Waals surface area contributed by atoms with E-state index in [4.69, 9.17) is 5.11 Å². The highest BCUT2D eigenvalue weighted by Gasteiger charge is 2.44. The fraction of sp³-hybridized carbons (Fsp3) is 0.857. The van der Waals surface area contributed by atoms with Gasteiger partial charge < -0.3 is 15.3 Å². The van der Waals surface area contributed by atoms with Gasteiger partial charge in [-0.25, -0.2) is 0 Å². The average Bonchev–Trinajstić information content (AvgIpc) is 2.59. The molecule has 19 heavy (non-hydrogen) atoms. The predicted octanol–water partition coefficient (Wildman–Crippen LogP) is 1.09. The normalized spacial score (nSPS) is 31.3. The van der Waals surface area contributed by atoms with Crippen molar-refractivity contribution in [3.8, 4) is 0 Å². The first-order valence-corrected chi connectivity index (χ1v) is 7.21. The summed E-state index contributed by atoms with van der Waals surface area (Å²) < 4.78 is 0. The maximum Gasteiger partial charge on any atom is 0.303 e. The van der Waals surface area contributed by atoms with Crippen LogP contribution in [0.3, 0.4) is 0 Å². The summed E-state index contributed by atoms with van der Waals surface area (Å²) in [6.07, 6.45) is 4.06. The summed E-state index contributed by atoms with van der Waals surface area (Å²) in [4.78, 5) is 25.3. The molecule has 3 unspecified atom stereocenters. The largest absolute Gasteiger partial charge is 0.481 e. The van der Waals surface area contributed by atoms with Crippen LogP contribution < -0.4 is 5.32 Å². The Labute approximate surface area is 114 Å². The molecule has 2 bridgehead atoms. The molecule has 2 aliphatic heterocycles. The minimum absolute atomic E-state index is 0.00382. The van der Waals surface area contributed by atoms with Gasteiger partial charge in [-0.05, 0) is 38.6 Å². The number of carbonyl (C=O) groups excluding carboxylic acids is 1. The van der Waals surface area contributed by atoms with Crippen LogP contribution in [0.2, 0.25) is 0 Å². The number of hydrogen-bond donors (Lipinski definition) is 2. The number of piperidine rings is 1. The summed E-state index contributed by atoms with van der Waals surface area (Å²) in [5, 5.41) is 12.0. The molecule has 2 rings (SSSR count). The first-order valence-electron chi connectivity index (χ1n) is 7.21. The number of nitrogens with one attached hydrogen (secondary N) is 1. The lowest BCUT2D eigenvalue weighted by atomic mass is 9.87. The summed E-state index contributed by atoms with van der Waals surface area (Å²) in [5.74, 6) is -0.230. The van der Waals surface area contributed by atoms with Crippen molar-refractivity contribution in [1.29, 1.82) is 0 Å². The number of carboxylic acids is 1. The third-order valence-corrected chi connectivity index (χ3v) is 4.48. The Hall–Kier alpha value is -1.10. The van der Waals surface area contributed by atoms with Crippen molar-refractivity contribution in [3.63, 3.8) is 0 Å². The lowest BCUT2D eigenvalue weighted by Crippen LogP contribution is -2.49. The monoisotopic (exact) mass is 268 g/mol. The van der Waals surface area contributed by atoms with Gasteiger partial charge >= 0.3 is 5.97 Å². The van der Waals surface area contributed by atoms with Crippen molar-refractivity contribution >= 4 is 11.9 Å². The van der Waals surface area contributed by atoms with Crippen molar-refractivity contribution in [1.82, 2.24) is 10.2 Å².